The van der Waals surface area contributed by atoms with Crippen LogP contribution in [0.15, 0.2) is 78.5 Å². The van der Waals surface area contributed by atoms with Gasteiger partial charge in [0.25, 0.3) is 11.7 Å². The molecule has 0 aliphatic carbocycles. The Morgan fingerprint density at radius 3 is 2.61 bits per heavy atom. The van der Waals surface area contributed by atoms with Crippen LogP contribution in [0.5, 0.6) is 5.75 Å². The van der Waals surface area contributed by atoms with Crippen molar-refractivity contribution >= 4 is 34.0 Å². The fourth-order valence-electron chi connectivity index (χ4n) is 5.40. The molecule has 6 rings (SSSR count). The zero-order chi connectivity index (χ0) is 26.6. The second-order valence-electron chi connectivity index (χ2n) is 9.72. The van der Waals surface area contributed by atoms with Gasteiger partial charge in [0.2, 0.25) is 0 Å². The Bertz CT molecular complexity index is 1620. The van der Waals surface area contributed by atoms with Crippen LogP contribution in [0.1, 0.15) is 22.7 Å². The lowest BCUT2D eigenvalue weighted by Crippen LogP contribution is -2.29. The van der Waals surface area contributed by atoms with Crippen LogP contribution >= 0.6 is 0 Å². The third kappa shape index (κ3) is 3.80. The van der Waals surface area contributed by atoms with Crippen molar-refractivity contribution in [3.05, 3.63) is 101 Å². The lowest BCUT2D eigenvalue weighted by atomic mass is 9.94. The number of aliphatic hydroxyl groups is 1. The van der Waals surface area contributed by atoms with E-state index >= 15 is 0 Å². The van der Waals surface area contributed by atoms with Gasteiger partial charge in [0.1, 0.15) is 23.9 Å². The first-order chi connectivity index (χ1) is 18.3. The van der Waals surface area contributed by atoms with Crippen LogP contribution in [-0.4, -0.2) is 46.5 Å². The molecule has 0 bridgehead atoms. The molecule has 1 unspecified atom stereocenters. The molecule has 8 heteroatoms. The van der Waals surface area contributed by atoms with Gasteiger partial charge in [-0.3, -0.25) is 9.59 Å². The summed E-state index contributed by atoms with van der Waals surface area (Å²) in [7, 11) is 3.83. The molecule has 1 amide bonds. The number of carbonyl (C=O) groups excluding carboxylic acids is 2. The number of ether oxygens (including phenoxy) is 1. The summed E-state index contributed by atoms with van der Waals surface area (Å²) in [4.78, 5) is 30.5. The highest BCUT2D eigenvalue weighted by molar-refractivity contribution is 6.46. The van der Waals surface area contributed by atoms with E-state index in [0.29, 0.717) is 30.0 Å². The first kappa shape index (κ1) is 23.8. The summed E-state index contributed by atoms with van der Waals surface area (Å²) < 4.78 is 21.2. The van der Waals surface area contributed by atoms with Crippen LogP contribution < -0.4 is 9.64 Å². The van der Waals surface area contributed by atoms with Crippen molar-refractivity contribution < 1.29 is 23.8 Å². The number of hydrogen-bond acceptors (Lipinski definition) is 5. The zero-order valence-electron chi connectivity index (χ0n) is 21.0. The molecule has 1 N–H and O–H groups in total. The van der Waals surface area contributed by atoms with E-state index < -0.39 is 17.7 Å². The maximum absolute atomic E-state index is 13.6. The van der Waals surface area contributed by atoms with Crippen LogP contribution in [0.4, 0.5) is 10.1 Å². The Labute approximate surface area is 219 Å². The minimum atomic E-state index is -0.837. The largest absolute Gasteiger partial charge is 0.507 e. The van der Waals surface area contributed by atoms with Crippen molar-refractivity contribution in [2.45, 2.75) is 12.6 Å². The van der Waals surface area contributed by atoms with Gasteiger partial charge in [-0.1, -0.05) is 30.3 Å². The molecule has 0 spiro atoms. The minimum absolute atomic E-state index is 0.0211. The summed E-state index contributed by atoms with van der Waals surface area (Å²) in [5.74, 6) is -1.41. The summed E-state index contributed by atoms with van der Waals surface area (Å²) >= 11 is 0. The van der Waals surface area contributed by atoms with E-state index in [1.165, 1.54) is 17.0 Å². The number of anilines is 1. The molecular weight excluding hydrogens is 485 g/mol. The van der Waals surface area contributed by atoms with Crippen molar-refractivity contribution in [3.8, 4) is 5.75 Å². The minimum Gasteiger partial charge on any atom is -0.507 e. The molecule has 2 aliphatic heterocycles. The molecule has 3 heterocycles. The number of aliphatic hydroxyl groups excluding tert-OH is 1. The van der Waals surface area contributed by atoms with Crippen molar-refractivity contribution in [1.29, 1.82) is 0 Å². The molecule has 4 aromatic rings. The van der Waals surface area contributed by atoms with E-state index in [9.17, 15) is 19.1 Å². The molecule has 2 aliphatic rings. The first-order valence-electron chi connectivity index (χ1n) is 12.4. The van der Waals surface area contributed by atoms with Gasteiger partial charge >= 0.3 is 0 Å². The Morgan fingerprint density at radius 1 is 1.05 bits per heavy atom. The van der Waals surface area contributed by atoms with Crippen LogP contribution in [0.2, 0.25) is 0 Å². The average Bonchev–Trinajstić information content (AvgIpc) is 3.38. The van der Waals surface area contributed by atoms with Gasteiger partial charge in [0, 0.05) is 48.9 Å². The fraction of sp³-hybridized carbons (Fsp3) is 0.200. The van der Waals surface area contributed by atoms with Crippen molar-refractivity contribution in [2.24, 2.45) is 7.05 Å². The molecule has 1 aromatic heterocycles. The van der Waals surface area contributed by atoms with Crippen LogP contribution in [-0.2, 0) is 23.2 Å². The number of nitrogens with zero attached hydrogens (tertiary/aromatic N) is 3. The second-order valence-corrected chi connectivity index (χ2v) is 9.72. The molecule has 1 fully saturated rings. The van der Waals surface area contributed by atoms with E-state index in [0.717, 1.165) is 22.2 Å². The Morgan fingerprint density at radius 2 is 1.82 bits per heavy atom. The van der Waals surface area contributed by atoms with Gasteiger partial charge in [0.15, 0.2) is 0 Å². The zero-order valence-corrected chi connectivity index (χ0v) is 21.0. The van der Waals surface area contributed by atoms with E-state index in [1.807, 2.05) is 54.0 Å². The monoisotopic (exact) mass is 511 g/mol. The highest BCUT2D eigenvalue weighted by Crippen LogP contribution is 2.44. The average molecular weight is 512 g/mol. The summed E-state index contributed by atoms with van der Waals surface area (Å²) in [6.07, 6.45) is 1.89. The molecule has 0 radical (unpaired) electrons. The highest BCUT2D eigenvalue weighted by atomic mass is 19.1. The molecule has 1 atom stereocenters. The second kappa shape index (κ2) is 9.06. The summed E-state index contributed by atoms with van der Waals surface area (Å²) in [6.45, 7) is 1.33. The molecule has 7 nitrogen and oxygen atoms in total. The van der Waals surface area contributed by atoms with E-state index in [1.54, 1.807) is 30.3 Å². The maximum Gasteiger partial charge on any atom is 0.295 e. The van der Waals surface area contributed by atoms with Crippen LogP contribution in [0.25, 0.3) is 16.7 Å². The molecule has 192 valence electrons. The summed E-state index contributed by atoms with van der Waals surface area (Å²) in [5, 5.41) is 12.5. The van der Waals surface area contributed by atoms with Crippen LogP contribution in [0, 0.1) is 5.82 Å². The molecule has 0 saturated carbocycles. The lowest BCUT2D eigenvalue weighted by molar-refractivity contribution is -0.140. The van der Waals surface area contributed by atoms with E-state index in [4.69, 9.17) is 4.74 Å². The number of carbonyl (C=O) groups is 2. The third-order valence-corrected chi connectivity index (χ3v) is 7.36. The van der Waals surface area contributed by atoms with Crippen molar-refractivity contribution in [3.63, 3.8) is 0 Å². The molecular formula is C30H26FN3O4. The number of ketones is 1. The van der Waals surface area contributed by atoms with E-state index in [2.05, 4.69) is 0 Å². The number of rotatable bonds is 4. The highest BCUT2D eigenvalue weighted by Gasteiger charge is 2.47. The number of likely N-dealkylation sites (N-methyl/N-ethyl adjacent to an activating group) is 1. The maximum atomic E-state index is 13.6. The smallest absolute Gasteiger partial charge is 0.295 e. The van der Waals surface area contributed by atoms with Gasteiger partial charge in [0.05, 0.1) is 23.8 Å². The van der Waals surface area contributed by atoms with Crippen molar-refractivity contribution in [2.75, 3.05) is 25.1 Å². The topological polar surface area (TPSA) is 75.0 Å². The molecule has 1 saturated heterocycles. The Hall–Kier alpha value is -4.59. The quantitative estimate of drug-likeness (QED) is 0.243. The number of Topliss-reactive ketones (excluding diaryl/α,β-unsaturated/α-hetero) is 1. The lowest BCUT2D eigenvalue weighted by Gasteiger charge is -2.28. The van der Waals surface area contributed by atoms with E-state index in [-0.39, 0.29) is 23.7 Å². The first-order valence-corrected chi connectivity index (χ1v) is 12.4. The number of para-hydroxylation sites is 1. The standard InChI is InChI=1S/C30H26FN3O4/c1-32-13-14-38-25-12-9-19(15-24(25)32)28(35)26-27(22-17-33(2)23-6-4-3-5-21(22)23)34(30(37)29(26)36)16-18-7-10-20(31)11-8-18/h3-12,15,17,27,35H,13-14,16H2,1-2H3/b28-26+. The van der Waals surface area contributed by atoms with Crippen LogP contribution in [0.3, 0.4) is 0 Å². The Balaban J connectivity index is 1.54. The number of fused-ring (bicyclic) bond motifs is 2. The van der Waals surface area contributed by atoms with Gasteiger partial charge in [-0.2, -0.15) is 0 Å². The SMILES string of the molecule is CN1CCOc2ccc(/C(O)=C3\C(=O)C(=O)N(Cc4ccc(F)cc4)C3c3cn(C)c4ccccc34)cc21. The van der Waals surface area contributed by atoms with Crippen molar-refractivity contribution in [1.82, 2.24) is 9.47 Å². The van der Waals surface area contributed by atoms with Gasteiger partial charge in [-0.25, -0.2) is 4.39 Å². The van der Waals surface area contributed by atoms with Gasteiger partial charge in [-0.05, 0) is 42.0 Å². The summed E-state index contributed by atoms with van der Waals surface area (Å²) in [6, 6.07) is 18.0. The number of halogens is 1. The van der Waals surface area contributed by atoms with Gasteiger partial charge < -0.3 is 24.2 Å². The normalized spacial score (nSPS) is 18.7. The predicted molar refractivity (Wildman–Crippen MR) is 142 cm³/mol. The number of aryl methyl sites for hydroxylation is 1. The number of amides is 1. The third-order valence-electron chi connectivity index (χ3n) is 7.36. The predicted octanol–water partition coefficient (Wildman–Crippen LogP) is 4.77. The fourth-order valence-corrected chi connectivity index (χ4v) is 5.40. The molecule has 3 aromatic carbocycles. The summed E-state index contributed by atoms with van der Waals surface area (Å²) in [5.41, 5.74) is 3.57. The number of likely N-dealkylation sites (tertiary alicyclic amines) is 1. The Kier molecular flexibility index (Phi) is 5.67. The number of benzene rings is 3. The number of aromatic nitrogens is 1. The van der Waals surface area contributed by atoms with Gasteiger partial charge in [-0.15, -0.1) is 0 Å². The number of hydrogen-bond donors (Lipinski definition) is 1. The molecule has 38 heavy (non-hydrogen) atoms.